The van der Waals surface area contributed by atoms with Crippen LogP contribution in [0, 0.1) is 0 Å². The number of nitrogens with two attached hydrogens (primary N) is 1. The number of rotatable bonds is 5. The molecule has 5 nitrogen and oxygen atoms in total. The lowest BCUT2D eigenvalue weighted by Gasteiger charge is -2.15. The average molecular weight is 258 g/mol. The molecule has 1 heterocycles. The van der Waals surface area contributed by atoms with E-state index in [2.05, 4.69) is 10.5 Å². The summed E-state index contributed by atoms with van der Waals surface area (Å²) in [7, 11) is 1.89. The van der Waals surface area contributed by atoms with E-state index >= 15 is 0 Å². The molecule has 0 aliphatic heterocycles. The van der Waals surface area contributed by atoms with Gasteiger partial charge in [-0.25, -0.2) is 5.43 Å². The van der Waals surface area contributed by atoms with Gasteiger partial charge in [0, 0.05) is 18.8 Å². The van der Waals surface area contributed by atoms with Crippen molar-refractivity contribution in [3.05, 3.63) is 47.8 Å². The van der Waals surface area contributed by atoms with Crippen LogP contribution in [0.3, 0.4) is 0 Å². The quantitative estimate of drug-likeness (QED) is 0.630. The van der Waals surface area contributed by atoms with Crippen molar-refractivity contribution in [1.29, 1.82) is 0 Å². The Morgan fingerprint density at radius 3 is 2.58 bits per heavy atom. The molecule has 0 radical (unpaired) electrons. The molecule has 3 rings (SSSR count). The summed E-state index contributed by atoms with van der Waals surface area (Å²) in [6.07, 6.45) is 6.54. The van der Waals surface area contributed by atoms with E-state index in [1.807, 2.05) is 43.7 Å². The maximum absolute atomic E-state index is 5.74. The van der Waals surface area contributed by atoms with Crippen molar-refractivity contribution in [3.8, 4) is 5.75 Å². The molecule has 100 valence electrons. The monoisotopic (exact) mass is 258 g/mol. The maximum Gasteiger partial charge on any atom is 0.119 e. The number of hydrogen-bond acceptors (Lipinski definition) is 4. The van der Waals surface area contributed by atoms with Gasteiger partial charge in [-0.3, -0.25) is 10.5 Å². The molecule has 2 aromatic rings. The normalized spacial score (nSPS) is 16.3. The molecule has 0 bridgehead atoms. The van der Waals surface area contributed by atoms with Gasteiger partial charge in [-0.2, -0.15) is 5.10 Å². The van der Waals surface area contributed by atoms with Crippen molar-refractivity contribution in [1.82, 2.24) is 15.2 Å². The van der Waals surface area contributed by atoms with E-state index in [1.54, 1.807) is 4.68 Å². The van der Waals surface area contributed by atoms with Crippen molar-refractivity contribution in [2.24, 2.45) is 12.9 Å². The van der Waals surface area contributed by atoms with Crippen molar-refractivity contribution >= 4 is 0 Å². The largest absolute Gasteiger partial charge is 0.490 e. The van der Waals surface area contributed by atoms with Gasteiger partial charge in [0.25, 0.3) is 0 Å². The molecule has 1 saturated carbocycles. The Hall–Kier alpha value is -1.85. The molecule has 1 atom stereocenters. The first-order valence-corrected chi connectivity index (χ1v) is 6.47. The van der Waals surface area contributed by atoms with Gasteiger partial charge in [-0.15, -0.1) is 0 Å². The van der Waals surface area contributed by atoms with Gasteiger partial charge in [-0.1, -0.05) is 12.1 Å². The highest BCUT2D eigenvalue weighted by molar-refractivity contribution is 5.34. The number of hydrogen-bond donors (Lipinski definition) is 2. The summed E-state index contributed by atoms with van der Waals surface area (Å²) >= 11 is 0. The fourth-order valence-corrected chi connectivity index (χ4v) is 2.09. The number of benzene rings is 1. The van der Waals surface area contributed by atoms with Crippen molar-refractivity contribution in [3.63, 3.8) is 0 Å². The lowest BCUT2D eigenvalue weighted by molar-refractivity contribution is 0.303. The second-order valence-corrected chi connectivity index (χ2v) is 4.93. The molecule has 0 amide bonds. The van der Waals surface area contributed by atoms with E-state index < -0.39 is 0 Å². The van der Waals surface area contributed by atoms with Crippen LogP contribution in [0.5, 0.6) is 5.75 Å². The fourth-order valence-electron chi connectivity index (χ4n) is 2.09. The van der Waals surface area contributed by atoms with E-state index in [-0.39, 0.29) is 6.04 Å². The lowest BCUT2D eigenvalue weighted by Crippen LogP contribution is -2.28. The minimum absolute atomic E-state index is 0.0522. The van der Waals surface area contributed by atoms with Crippen LogP contribution in [-0.4, -0.2) is 15.9 Å². The van der Waals surface area contributed by atoms with Crippen LogP contribution in [0.15, 0.2) is 36.7 Å². The van der Waals surface area contributed by atoms with Gasteiger partial charge in [-0.05, 0) is 30.5 Å². The fraction of sp³-hybridized carbons (Fsp3) is 0.357. The number of hydrazine groups is 1. The summed E-state index contributed by atoms with van der Waals surface area (Å²) in [5.74, 6) is 6.58. The highest BCUT2D eigenvalue weighted by Gasteiger charge is 2.23. The Balaban J connectivity index is 1.78. The Labute approximate surface area is 112 Å². The van der Waals surface area contributed by atoms with Gasteiger partial charge < -0.3 is 4.74 Å². The molecule has 1 aliphatic rings. The number of aryl methyl sites for hydroxylation is 1. The predicted octanol–water partition coefficient (Wildman–Crippen LogP) is 1.51. The zero-order valence-corrected chi connectivity index (χ0v) is 10.9. The second-order valence-electron chi connectivity index (χ2n) is 4.93. The van der Waals surface area contributed by atoms with Crippen molar-refractivity contribution < 1.29 is 4.74 Å². The Morgan fingerprint density at radius 2 is 2.05 bits per heavy atom. The highest BCUT2D eigenvalue weighted by Crippen LogP contribution is 2.28. The van der Waals surface area contributed by atoms with Gasteiger partial charge in [0.05, 0.1) is 18.3 Å². The Morgan fingerprint density at radius 1 is 1.32 bits per heavy atom. The Kier molecular flexibility index (Phi) is 3.23. The van der Waals surface area contributed by atoms with Gasteiger partial charge in [0.2, 0.25) is 0 Å². The smallest absolute Gasteiger partial charge is 0.119 e. The first-order valence-electron chi connectivity index (χ1n) is 6.47. The summed E-state index contributed by atoms with van der Waals surface area (Å²) < 4.78 is 7.50. The molecule has 1 aromatic heterocycles. The molecule has 1 fully saturated rings. The standard InChI is InChI=1S/C14H18N4O/c1-18-9-11(8-16-18)14(17-15)10-2-4-12(5-3-10)19-13-6-7-13/h2-5,8-9,13-14,17H,6-7,15H2,1H3. The zero-order valence-electron chi connectivity index (χ0n) is 10.9. The summed E-state index contributed by atoms with van der Waals surface area (Å²) in [6.45, 7) is 0. The molecular formula is C14H18N4O. The lowest BCUT2D eigenvalue weighted by atomic mass is 10.0. The topological polar surface area (TPSA) is 65.1 Å². The van der Waals surface area contributed by atoms with Gasteiger partial charge >= 0.3 is 0 Å². The summed E-state index contributed by atoms with van der Waals surface area (Å²) in [4.78, 5) is 0. The summed E-state index contributed by atoms with van der Waals surface area (Å²) in [5.41, 5.74) is 4.96. The molecule has 3 N–H and O–H groups in total. The molecule has 19 heavy (non-hydrogen) atoms. The minimum atomic E-state index is -0.0522. The number of nitrogens with one attached hydrogen (secondary N) is 1. The second kappa shape index (κ2) is 5.03. The van der Waals surface area contributed by atoms with E-state index in [1.165, 1.54) is 12.8 Å². The highest BCUT2D eigenvalue weighted by atomic mass is 16.5. The van der Waals surface area contributed by atoms with Gasteiger partial charge in [0.15, 0.2) is 0 Å². The maximum atomic E-state index is 5.74. The first kappa shape index (κ1) is 12.2. The SMILES string of the molecule is Cn1cc(C(NN)c2ccc(OC3CC3)cc2)cn1. The molecule has 1 aliphatic carbocycles. The van der Waals surface area contributed by atoms with Crippen LogP contribution in [0.25, 0.3) is 0 Å². The van der Waals surface area contributed by atoms with E-state index in [0.717, 1.165) is 16.9 Å². The number of aromatic nitrogens is 2. The van der Waals surface area contributed by atoms with Crippen LogP contribution in [0.1, 0.15) is 30.0 Å². The third-order valence-electron chi connectivity index (χ3n) is 3.27. The van der Waals surface area contributed by atoms with Crippen LogP contribution >= 0.6 is 0 Å². The average Bonchev–Trinajstić information content (AvgIpc) is 3.13. The van der Waals surface area contributed by atoms with Gasteiger partial charge in [0.1, 0.15) is 5.75 Å². The molecule has 0 spiro atoms. The third-order valence-corrected chi connectivity index (χ3v) is 3.27. The van der Waals surface area contributed by atoms with Crippen molar-refractivity contribution in [2.75, 3.05) is 0 Å². The molecule has 5 heteroatoms. The summed E-state index contributed by atoms with van der Waals surface area (Å²) in [5, 5.41) is 4.17. The van der Waals surface area contributed by atoms with Crippen LogP contribution in [-0.2, 0) is 7.05 Å². The minimum Gasteiger partial charge on any atom is -0.490 e. The zero-order chi connectivity index (χ0) is 13.2. The molecule has 1 aromatic carbocycles. The van der Waals surface area contributed by atoms with Crippen LogP contribution in [0.4, 0.5) is 0 Å². The number of ether oxygens (including phenoxy) is 1. The molecule has 1 unspecified atom stereocenters. The first-order chi connectivity index (χ1) is 9.26. The van der Waals surface area contributed by atoms with E-state index in [0.29, 0.717) is 6.10 Å². The van der Waals surface area contributed by atoms with Crippen molar-refractivity contribution in [2.45, 2.75) is 25.0 Å². The molecular weight excluding hydrogens is 240 g/mol. The predicted molar refractivity (Wildman–Crippen MR) is 72.5 cm³/mol. The third kappa shape index (κ3) is 2.77. The summed E-state index contributed by atoms with van der Waals surface area (Å²) in [6, 6.07) is 8.01. The van der Waals surface area contributed by atoms with E-state index in [4.69, 9.17) is 10.6 Å². The number of nitrogens with zero attached hydrogens (tertiary/aromatic N) is 2. The van der Waals surface area contributed by atoms with Crippen LogP contribution < -0.4 is 16.0 Å². The Bertz CT molecular complexity index is 545. The van der Waals surface area contributed by atoms with E-state index in [9.17, 15) is 0 Å². The van der Waals surface area contributed by atoms with Crippen LogP contribution in [0.2, 0.25) is 0 Å². The molecule has 0 saturated heterocycles.